The van der Waals surface area contributed by atoms with E-state index >= 15 is 0 Å². The number of aryl methyl sites for hydroxylation is 3. The Morgan fingerprint density at radius 2 is 1.74 bits per heavy atom. The van der Waals surface area contributed by atoms with Crippen LogP contribution in [0, 0.1) is 6.92 Å². The number of benzene rings is 2. The molecule has 0 unspecified atom stereocenters. The molecule has 142 valence electrons. The van der Waals surface area contributed by atoms with Gasteiger partial charge < -0.3 is 19.5 Å². The Morgan fingerprint density at radius 1 is 1.00 bits per heavy atom. The number of para-hydroxylation sites is 1. The number of aromatic nitrogens is 1. The van der Waals surface area contributed by atoms with Crippen molar-refractivity contribution in [2.24, 2.45) is 7.05 Å². The van der Waals surface area contributed by atoms with Crippen LogP contribution < -0.4 is 10.1 Å². The van der Waals surface area contributed by atoms with E-state index in [9.17, 15) is 0 Å². The van der Waals surface area contributed by atoms with Gasteiger partial charge in [0.2, 0.25) is 5.88 Å². The molecule has 1 aromatic heterocycles. The monoisotopic (exact) mass is 363 g/mol. The van der Waals surface area contributed by atoms with Gasteiger partial charge in [-0.25, -0.2) is 0 Å². The second-order valence-electron chi connectivity index (χ2n) is 7.47. The van der Waals surface area contributed by atoms with Crippen LogP contribution in [0.15, 0.2) is 48.5 Å². The molecule has 1 fully saturated rings. The van der Waals surface area contributed by atoms with Gasteiger partial charge in [0.15, 0.2) is 0 Å². The maximum Gasteiger partial charge on any atom is 0.204 e. The summed E-state index contributed by atoms with van der Waals surface area (Å²) >= 11 is 0. The highest BCUT2D eigenvalue weighted by atomic mass is 16.5. The van der Waals surface area contributed by atoms with Gasteiger partial charge in [0.05, 0.1) is 5.52 Å². The minimum Gasteiger partial charge on any atom is -0.441 e. The topological polar surface area (TPSA) is 29.4 Å². The summed E-state index contributed by atoms with van der Waals surface area (Å²) in [7, 11) is 2.10. The quantitative estimate of drug-likeness (QED) is 0.714. The summed E-state index contributed by atoms with van der Waals surface area (Å²) < 4.78 is 8.55. The fourth-order valence-corrected chi connectivity index (χ4v) is 3.95. The number of hydrogen-bond donors (Lipinski definition) is 1. The van der Waals surface area contributed by atoms with Crippen molar-refractivity contribution in [3.05, 3.63) is 59.7 Å². The number of rotatable bonds is 6. The Bertz CT molecular complexity index is 892. The van der Waals surface area contributed by atoms with Crippen molar-refractivity contribution in [2.45, 2.75) is 19.8 Å². The Labute approximate surface area is 161 Å². The number of hydrogen-bond acceptors (Lipinski definition) is 3. The first kappa shape index (κ1) is 18.1. The number of ether oxygens (including phenoxy) is 1. The van der Waals surface area contributed by atoms with Crippen molar-refractivity contribution in [1.82, 2.24) is 14.8 Å². The highest BCUT2D eigenvalue weighted by molar-refractivity contribution is 5.87. The lowest BCUT2D eigenvalue weighted by Crippen LogP contribution is -2.43. The molecule has 0 atom stereocenters. The molecule has 0 spiro atoms. The van der Waals surface area contributed by atoms with Crippen LogP contribution in [0.25, 0.3) is 10.9 Å². The Kier molecular flexibility index (Phi) is 5.46. The maximum atomic E-state index is 6.36. The molecular weight excluding hydrogens is 334 g/mol. The van der Waals surface area contributed by atoms with Gasteiger partial charge in [0.25, 0.3) is 0 Å². The van der Waals surface area contributed by atoms with Crippen molar-refractivity contribution < 1.29 is 4.74 Å². The van der Waals surface area contributed by atoms with Gasteiger partial charge >= 0.3 is 0 Å². The highest BCUT2D eigenvalue weighted by Crippen LogP contribution is 2.35. The van der Waals surface area contributed by atoms with E-state index in [1.54, 1.807) is 0 Å². The minimum atomic E-state index is 0.898. The Morgan fingerprint density at radius 3 is 2.52 bits per heavy atom. The Balaban J connectivity index is 1.58. The van der Waals surface area contributed by atoms with Gasteiger partial charge in [-0.1, -0.05) is 35.9 Å². The molecule has 2 aromatic carbocycles. The normalized spacial score (nSPS) is 15.3. The van der Waals surface area contributed by atoms with Gasteiger partial charge in [0.1, 0.15) is 5.75 Å². The van der Waals surface area contributed by atoms with Crippen molar-refractivity contribution >= 4 is 10.9 Å². The van der Waals surface area contributed by atoms with Crippen LogP contribution in [-0.4, -0.2) is 42.2 Å². The summed E-state index contributed by atoms with van der Waals surface area (Å²) in [5.74, 6) is 1.87. The molecule has 0 saturated carbocycles. The first-order chi connectivity index (χ1) is 13.2. The van der Waals surface area contributed by atoms with Crippen LogP contribution in [0.3, 0.4) is 0 Å². The SMILES string of the molecule is Cc1ccc(Oc2c(CCCN3CCNCC3)c3ccccc3n2C)cc1. The van der Waals surface area contributed by atoms with Crippen molar-refractivity contribution in [3.8, 4) is 11.6 Å². The molecule has 1 saturated heterocycles. The maximum absolute atomic E-state index is 6.36. The summed E-state index contributed by atoms with van der Waals surface area (Å²) in [6, 6.07) is 16.9. The number of nitrogens with zero attached hydrogens (tertiary/aromatic N) is 2. The fourth-order valence-electron chi connectivity index (χ4n) is 3.95. The van der Waals surface area contributed by atoms with Gasteiger partial charge in [0, 0.05) is 44.2 Å². The Hall–Kier alpha value is -2.30. The van der Waals surface area contributed by atoms with Crippen LogP contribution in [0.5, 0.6) is 11.6 Å². The van der Waals surface area contributed by atoms with Crippen LogP contribution >= 0.6 is 0 Å². The largest absolute Gasteiger partial charge is 0.441 e. The van der Waals surface area contributed by atoms with Gasteiger partial charge in [-0.15, -0.1) is 0 Å². The standard InChI is InChI=1S/C23H29N3O/c1-18-9-11-19(12-10-18)27-23-21(7-5-15-26-16-13-24-14-17-26)20-6-3-4-8-22(20)25(23)2/h3-4,6,8-12,24H,5,7,13-17H2,1-2H3. The lowest BCUT2D eigenvalue weighted by Gasteiger charge is -2.27. The van der Waals surface area contributed by atoms with Gasteiger partial charge in [-0.3, -0.25) is 0 Å². The van der Waals surface area contributed by atoms with Crippen molar-refractivity contribution in [3.63, 3.8) is 0 Å². The summed E-state index contributed by atoms with van der Waals surface area (Å²) in [6.07, 6.45) is 2.19. The van der Waals surface area contributed by atoms with Gasteiger partial charge in [-0.05, 0) is 44.5 Å². The number of nitrogens with one attached hydrogen (secondary N) is 1. The molecule has 2 heterocycles. The highest BCUT2D eigenvalue weighted by Gasteiger charge is 2.17. The zero-order valence-electron chi connectivity index (χ0n) is 16.4. The van der Waals surface area contributed by atoms with Crippen LogP contribution in [0.4, 0.5) is 0 Å². The molecule has 1 N–H and O–H groups in total. The van der Waals surface area contributed by atoms with Crippen LogP contribution in [-0.2, 0) is 13.5 Å². The van der Waals surface area contributed by atoms with Crippen LogP contribution in [0.2, 0.25) is 0 Å². The minimum absolute atomic E-state index is 0.898. The zero-order chi connectivity index (χ0) is 18.6. The second kappa shape index (κ2) is 8.15. The van der Waals surface area contributed by atoms with E-state index < -0.39 is 0 Å². The lowest BCUT2D eigenvalue weighted by atomic mass is 10.1. The number of piperazine rings is 1. The fraction of sp³-hybridized carbons (Fsp3) is 0.391. The van der Waals surface area contributed by atoms with E-state index in [4.69, 9.17) is 4.74 Å². The van der Waals surface area contributed by atoms with Crippen molar-refractivity contribution in [1.29, 1.82) is 0 Å². The molecular formula is C23H29N3O. The molecule has 3 aromatic rings. The molecule has 0 amide bonds. The summed E-state index contributed by atoms with van der Waals surface area (Å²) in [4.78, 5) is 2.56. The average molecular weight is 364 g/mol. The van der Waals surface area contributed by atoms with Crippen molar-refractivity contribution in [2.75, 3.05) is 32.7 Å². The summed E-state index contributed by atoms with van der Waals surface area (Å²) in [6.45, 7) is 7.77. The molecule has 0 bridgehead atoms. The first-order valence-corrected chi connectivity index (χ1v) is 9.96. The number of fused-ring (bicyclic) bond motifs is 1. The molecule has 1 aliphatic heterocycles. The predicted molar refractivity (Wildman–Crippen MR) is 112 cm³/mol. The molecule has 1 aliphatic rings. The third kappa shape index (κ3) is 4.02. The molecule has 4 rings (SSSR count). The third-order valence-electron chi connectivity index (χ3n) is 5.50. The molecule has 0 aliphatic carbocycles. The second-order valence-corrected chi connectivity index (χ2v) is 7.47. The van der Waals surface area contributed by atoms with Crippen LogP contribution in [0.1, 0.15) is 17.5 Å². The summed E-state index contributed by atoms with van der Waals surface area (Å²) in [5, 5.41) is 4.73. The molecule has 4 heteroatoms. The summed E-state index contributed by atoms with van der Waals surface area (Å²) in [5.41, 5.74) is 3.80. The van der Waals surface area contributed by atoms with E-state index in [0.29, 0.717) is 0 Å². The first-order valence-electron chi connectivity index (χ1n) is 9.96. The molecule has 4 nitrogen and oxygen atoms in total. The van der Waals surface area contributed by atoms with E-state index in [1.807, 2.05) is 0 Å². The van der Waals surface area contributed by atoms with E-state index in [0.717, 1.165) is 57.2 Å². The van der Waals surface area contributed by atoms with E-state index in [1.165, 1.54) is 22.0 Å². The predicted octanol–water partition coefficient (Wildman–Crippen LogP) is 4.12. The molecule has 0 radical (unpaired) electrons. The van der Waals surface area contributed by atoms with E-state index in [2.05, 4.69) is 77.3 Å². The smallest absolute Gasteiger partial charge is 0.204 e. The third-order valence-corrected chi connectivity index (χ3v) is 5.50. The van der Waals surface area contributed by atoms with Gasteiger partial charge in [-0.2, -0.15) is 0 Å². The van der Waals surface area contributed by atoms with E-state index in [-0.39, 0.29) is 0 Å². The molecule has 27 heavy (non-hydrogen) atoms. The average Bonchev–Trinajstić information content (AvgIpc) is 2.97. The lowest BCUT2D eigenvalue weighted by molar-refractivity contribution is 0.238. The zero-order valence-corrected chi connectivity index (χ0v) is 16.4.